The Labute approximate surface area is 301 Å². The Morgan fingerprint density at radius 3 is 1.75 bits per heavy atom. The van der Waals surface area contributed by atoms with Crippen molar-refractivity contribution in [2.45, 2.75) is 19.3 Å². The lowest BCUT2D eigenvalue weighted by Gasteiger charge is -2.23. The molecule has 0 fully saturated rings. The summed E-state index contributed by atoms with van der Waals surface area (Å²) in [6.07, 6.45) is 0. The molecule has 0 unspecified atom stereocenters. The second kappa shape index (κ2) is 10.7. The maximum atomic E-state index is 5.23. The van der Waals surface area contributed by atoms with Gasteiger partial charge in [-0.15, -0.1) is 0 Å². The standard InChI is InChI=1S/C48H32N4/c1-48(2)38-26-25-36-34-17-9-11-19-40(34)52-41-20-12-10-18-35(41)37-27-33(28-39(48)42(37)43(38)44(36)52)47-50-45(31-15-7-4-8-16-31)49-46(51-47)32-23-21-30(22-24-32)29-13-5-3-6-14-29/h3-28H,1-2H3. The summed E-state index contributed by atoms with van der Waals surface area (Å²) in [7, 11) is 0. The summed E-state index contributed by atoms with van der Waals surface area (Å²) in [4.78, 5) is 15.5. The smallest absolute Gasteiger partial charge is 0.164 e. The Balaban J connectivity index is 1.17. The summed E-state index contributed by atoms with van der Waals surface area (Å²) in [5.74, 6) is 1.98. The fourth-order valence-electron chi connectivity index (χ4n) is 8.66. The van der Waals surface area contributed by atoms with Crippen molar-refractivity contribution in [2.24, 2.45) is 0 Å². The van der Waals surface area contributed by atoms with Crippen LogP contribution in [0.25, 0.3) is 95.0 Å². The SMILES string of the molecule is CC1(C)c2cc(-c3nc(-c4ccccc4)nc(-c4ccc(-c5ccccc5)cc4)n3)cc3c2-c2c1ccc1c4ccccc4n(c21)-c1ccccc1-3. The highest BCUT2D eigenvalue weighted by molar-refractivity contribution is 6.18. The van der Waals surface area contributed by atoms with Crippen LogP contribution in [0.5, 0.6) is 0 Å². The van der Waals surface area contributed by atoms with E-state index in [4.69, 9.17) is 15.0 Å². The van der Waals surface area contributed by atoms with E-state index in [1.807, 2.05) is 24.3 Å². The molecule has 2 aliphatic rings. The number of hydrogen-bond acceptors (Lipinski definition) is 3. The highest BCUT2D eigenvalue weighted by Gasteiger charge is 2.41. The van der Waals surface area contributed by atoms with Gasteiger partial charge in [0.2, 0.25) is 0 Å². The van der Waals surface area contributed by atoms with Gasteiger partial charge in [-0.3, -0.25) is 0 Å². The van der Waals surface area contributed by atoms with Gasteiger partial charge in [-0.25, -0.2) is 15.0 Å². The quantitative estimate of drug-likeness (QED) is 0.188. The second-order valence-corrected chi connectivity index (χ2v) is 14.4. The van der Waals surface area contributed by atoms with E-state index in [-0.39, 0.29) is 5.41 Å². The normalized spacial score (nSPS) is 13.3. The third-order valence-corrected chi connectivity index (χ3v) is 11.2. The number of hydrogen-bond donors (Lipinski definition) is 0. The van der Waals surface area contributed by atoms with E-state index < -0.39 is 0 Å². The van der Waals surface area contributed by atoms with E-state index in [1.54, 1.807) is 0 Å². The molecule has 244 valence electrons. The van der Waals surface area contributed by atoms with Crippen molar-refractivity contribution in [3.05, 3.63) is 169 Å². The first-order valence-electron chi connectivity index (χ1n) is 17.9. The molecule has 3 heterocycles. The molecule has 0 amide bonds. The van der Waals surface area contributed by atoms with Crippen LogP contribution in [-0.2, 0) is 5.41 Å². The molecular weight excluding hydrogens is 633 g/mol. The van der Waals surface area contributed by atoms with E-state index in [9.17, 15) is 0 Å². The number of benzene rings is 7. The zero-order valence-corrected chi connectivity index (χ0v) is 28.8. The monoisotopic (exact) mass is 664 g/mol. The molecule has 0 spiro atoms. The van der Waals surface area contributed by atoms with Gasteiger partial charge < -0.3 is 4.57 Å². The maximum Gasteiger partial charge on any atom is 0.164 e. The van der Waals surface area contributed by atoms with Gasteiger partial charge in [0.25, 0.3) is 0 Å². The molecule has 0 bridgehead atoms. The molecule has 1 aliphatic carbocycles. The molecule has 0 radical (unpaired) electrons. The van der Waals surface area contributed by atoms with Crippen LogP contribution in [0.1, 0.15) is 25.0 Å². The van der Waals surface area contributed by atoms with Crippen LogP contribution in [-0.4, -0.2) is 19.5 Å². The molecule has 0 saturated heterocycles. The van der Waals surface area contributed by atoms with E-state index in [0.717, 1.165) is 22.3 Å². The summed E-state index contributed by atoms with van der Waals surface area (Å²) >= 11 is 0. The first-order valence-corrected chi connectivity index (χ1v) is 17.9. The van der Waals surface area contributed by atoms with Gasteiger partial charge >= 0.3 is 0 Å². The molecule has 4 heteroatoms. The minimum Gasteiger partial charge on any atom is -0.308 e. The topological polar surface area (TPSA) is 43.6 Å². The molecule has 1 aliphatic heterocycles. The highest BCUT2D eigenvalue weighted by atomic mass is 15.0. The Morgan fingerprint density at radius 2 is 1.00 bits per heavy atom. The molecule has 0 N–H and O–H groups in total. The van der Waals surface area contributed by atoms with Crippen LogP contribution < -0.4 is 0 Å². The van der Waals surface area contributed by atoms with Crippen molar-refractivity contribution in [3.8, 4) is 73.2 Å². The second-order valence-electron chi connectivity index (χ2n) is 14.4. The summed E-state index contributed by atoms with van der Waals surface area (Å²) in [6, 6.07) is 56.2. The van der Waals surface area contributed by atoms with Crippen LogP contribution in [0.15, 0.2) is 158 Å². The minimum absolute atomic E-state index is 0.234. The molecule has 11 rings (SSSR count). The van der Waals surface area contributed by atoms with Crippen molar-refractivity contribution in [1.82, 2.24) is 19.5 Å². The summed E-state index contributed by atoms with van der Waals surface area (Å²) in [6.45, 7) is 4.72. The molecule has 0 atom stereocenters. The molecule has 0 saturated carbocycles. The third-order valence-electron chi connectivity index (χ3n) is 11.2. The zero-order valence-electron chi connectivity index (χ0n) is 28.8. The van der Waals surface area contributed by atoms with Crippen molar-refractivity contribution < 1.29 is 0 Å². The van der Waals surface area contributed by atoms with Crippen molar-refractivity contribution in [2.75, 3.05) is 0 Å². The molecular formula is C48H32N4. The fraction of sp³-hybridized carbons (Fsp3) is 0.0625. The summed E-state index contributed by atoms with van der Waals surface area (Å²) in [5, 5.41) is 2.57. The third kappa shape index (κ3) is 4.06. The van der Waals surface area contributed by atoms with Gasteiger partial charge in [-0.05, 0) is 57.6 Å². The molecule has 52 heavy (non-hydrogen) atoms. The lowest BCUT2D eigenvalue weighted by Crippen LogP contribution is -2.15. The lowest BCUT2D eigenvalue weighted by atomic mass is 9.80. The van der Waals surface area contributed by atoms with Crippen LogP contribution in [0.4, 0.5) is 0 Å². The molecule has 2 aromatic heterocycles. The number of fused-ring (bicyclic) bond motifs is 6. The minimum atomic E-state index is -0.234. The Kier molecular flexibility index (Phi) is 5.98. The Morgan fingerprint density at radius 1 is 0.423 bits per heavy atom. The van der Waals surface area contributed by atoms with Gasteiger partial charge in [0.15, 0.2) is 17.5 Å². The van der Waals surface area contributed by atoms with E-state index >= 15 is 0 Å². The average molecular weight is 665 g/mol. The predicted octanol–water partition coefficient (Wildman–Crippen LogP) is 11.9. The fourth-order valence-corrected chi connectivity index (χ4v) is 8.66. The van der Waals surface area contributed by atoms with Crippen molar-refractivity contribution in [1.29, 1.82) is 0 Å². The predicted molar refractivity (Wildman–Crippen MR) is 212 cm³/mol. The zero-order chi connectivity index (χ0) is 34.6. The molecule has 9 aromatic rings. The van der Waals surface area contributed by atoms with E-state index in [0.29, 0.717) is 17.5 Å². The largest absolute Gasteiger partial charge is 0.308 e. The van der Waals surface area contributed by atoms with Gasteiger partial charge in [0.1, 0.15) is 0 Å². The molecule has 4 nitrogen and oxygen atoms in total. The first-order chi connectivity index (χ1) is 25.5. The van der Waals surface area contributed by atoms with Crippen LogP contribution >= 0.6 is 0 Å². The first kappa shape index (κ1) is 29.1. The Hall–Kier alpha value is -6.65. The maximum absolute atomic E-state index is 5.23. The number of para-hydroxylation sites is 2. The molecule has 7 aromatic carbocycles. The van der Waals surface area contributed by atoms with E-state index in [2.05, 4.69) is 152 Å². The highest BCUT2D eigenvalue weighted by Crippen LogP contribution is 2.58. The lowest BCUT2D eigenvalue weighted by molar-refractivity contribution is 0.661. The van der Waals surface area contributed by atoms with Gasteiger partial charge in [0, 0.05) is 44.0 Å². The van der Waals surface area contributed by atoms with Gasteiger partial charge in [0.05, 0.1) is 16.7 Å². The van der Waals surface area contributed by atoms with Crippen LogP contribution in [0, 0.1) is 0 Å². The Bertz CT molecular complexity index is 2900. The van der Waals surface area contributed by atoms with E-state index in [1.165, 1.54) is 66.4 Å². The van der Waals surface area contributed by atoms with Crippen molar-refractivity contribution >= 4 is 21.8 Å². The van der Waals surface area contributed by atoms with Gasteiger partial charge in [-0.2, -0.15) is 0 Å². The average Bonchev–Trinajstić information content (AvgIpc) is 3.61. The van der Waals surface area contributed by atoms with Gasteiger partial charge in [-0.1, -0.05) is 147 Å². The summed E-state index contributed by atoms with van der Waals surface area (Å²) in [5.41, 5.74) is 16.4. The van der Waals surface area contributed by atoms with Crippen LogP contribution in [0.3, 0.4) is 0 Å². The number of rotatable bonds is 4. The summed E-state index contributed by atoms with van der Waals surface area (Å²) < 4.78 is 2.50. The number of aromatic nitrogens is 4. The number of nitrogens with zero attached hydrogens (tertiary/aromatic N) is 4. The van der Waals surface area contributed by atoms with Crippen LogP contribution in [0.2, 0.25) is 0 Å². The van der Waals surface area contributed by atoms with Crippen molar-refractivity contribution in [3.63, 3.8) is 0 Å².